The molecule has 0 aliphatic heterocycles. The Balaban J connectivity index is 0.000000263. The molecule has 0 unspecified atom stereocenters. The van der Waals surface area contributed by atoms with Gasteiger partial charge in [-0.2, -0.15) is 0 Å². The van der Waals surface area contributed by atoms with Gasteiger partial charge in [-0.3, -0.25) is 13.6 Å². The Morgan fingerprint density at radius 2 is 0.409 bits per heavy atom. The molecule has 0 saturated carbocycles. The molecular weight excluding hydrogens is 645 g/mol. The van der Waals surface area contributed by atoms with E-state index in [9.17, 15) is 0 Å². The van der Waals surface area contributed by atoms with Crippen LogP contribution in [0.5, 0.6) is 0 Å². The molecule has 0 aromatic heterocycles. The van der Waals surface area contributed by atoms with Crippen molar-refractivity contribution in [3.8, 4) is 0 Å². The fourth-order valence-electron chi connectivity index (χ4n) is 4.63. The molecule has 6 aromatic carbocycles. The average Bonchev–Trinajstić information content (AvgIpc) is 3.14. The second-order valence-corrected chi connectivity index (χ2v) is 13.9. The molecular formula is C38H34ClCoO2P2+2. The zero-order chi connectivity index (χ0) is 31.8. The van der Waals surface area contributed by atoms with E-state index >= 15 is 0 Å². The quantitative estimate of drug-likeness (QED) is 0.115. The Labute approximate surface area is 276 Å². The first-order valence-corrected chi connectivity index (χ1v) is 18.0. The van der Waals surface area contributed by atoms with Crippen LogP contribution in [-0.2, 0) is 24.4 Å². The van der Waals surface area contributed by atoms with Crippen LogP contribution in [0.4, 0.5) is 0 Å². The summed E-state index contributed by atoms with van der Waals surface area (Å²) in [6.45, 7) is 6.50. The van der Waals surface area contributed by atoms with Gasteiger partial charge in [-0.1, -0.05) is 109 Å². The predicted octanol–water partition coefficient (Wildman–Crippen LogP) is 6.49. The predicted molar refractivity (Wildman–Crippen MR) is 192 cm³/mol. The molecule has 0 saturated heterocycles. The molecule has 0 aliphatic rings. The van der Waals surface area contributed by atoms with Gasteiger partial charge in [-0.05, 0) is 72.8 Å². The summed E-state index contributed by atoms with van der Waals surface area (Å²) in [4.78, 5) is 15.5. The number of rotatable bonds is 6. The molecule has 2 nitrogen and oxygen atoms in total. The van der Waals surface area contributed by atoms with Gasteiger partial charge in [0.25, 0.3) is 0 Å². The summed E-state index contributed by atoms with van der Waals surface area (Å²) in [5, 5.41) is 8.61. The summed E-state index contributed by atoms with van der Waals surface area (Å²) in [5.41, 5.74) is 0. The SMILES string of the molecule is [CH-]=O.[CH-]=O.[Cl][Co+2].c1ccc([PH+](c2ccccc2)c2ccccc2)cc1.c1ccc([PH+](c2ccccc2)c2ccccc2)cc1. The maximum absolute atomic E-state index is 7.75. The van der Waals surface area contributed by atoms with Crippen molar-refractivity contribution in [3.63, 3.8) is 0 Å². The van der Waals surface area contributed by atoms with Crippen LogP contribution < -0.4 is 31.8 Å². The third-order valence-corrected chi connectivity index (χ3v) is 11.8. The number of carbonyl (C=O) groups excluding carboxylic acids is 2. The fourth-order valence-corrected chi connectivity index (χ4v) is 9.78. The van der Waals surface area contributed by atoms with Crippen LogP contribution in [0.15, 0.2) is 182 Å². The van der Waals surface area contributed by atoms with Crippen LogP contribution in [-0.4, -0.2) is 13.6 Å². The molecule has 0 spiro atoms. The van der Waals surface area contributed by atoms with Crippen molar-refractivity contribution in [2.24, 2.45) is 0 Å². The van der Waals surface area contributed by atoms with Crippen LogP contribution >= 0.6 is 26.0 Å². The van der Waals surface area contributed by atoms with Gasteiger partial charge >= 0.3 is 25.0 Å². The van der Waals surface area contributed by atoms with Gasteiger partial charge in [0.05, 0.1) is 15.8 Å². The normalized spacial score (nSPS) is 9.45. The van der Waals surface area contributed by atoms with E-state index in [-0.39, 0.29) is 0 Å². The average molecular weight is 679 g/mol. The van der Waals surface area contributed by atoms with Gasteiger partial charge in [0.2, 0.25) is 0 Å². The summed E-state index contributed by atoms with van der Waals surface area (Å²) in [6, 6.07) is 65.0. The number of benzene rings is 6. The minimum atomic E-state index is -0.877. The minimum absolute atomic E-state index is 0.877. The Morgan fingerprint density at radius 1 is 0.295 bits per heavy atom. The van der Waals surface area contributed by atoms with E-state index in [1.165, 1.54) is 31.8 Å². The Hall–Kier alpha value is -3.68. The van der Waals surface area contributed by atoms with Crippen molar-refractivity contribution in [1.82, 2.24) is 0 Å². The van der Waals surface area contributed by atoms with E-state index in [1.54, 1.807) is 0 Å². The maximum atomic E-state index is 7.75. The third kappa shape index (κ3) is 11.4. The second-order valence-electron chi connectivity index (χ2n) is 8.95. The molecule has 0 aliphatic carbocycles. The Morgan fingerprint density at radius 3 is 0.523 bits per heavy atom. The van der Waals surface area contributed by atoms with Gasteiger partial charge in [0.1, 0.15) is 31.8 Å². The van der Waals surface area contributed by atoms with Gasteiger partial charge in [0, 0.05) is 0 Å². The van der Waals surface area contributed by atoms with Crippen molar-refractivity contribution in [1.29, 1.82) is 0 Å². The zero-order valence-electron chi connectivity index (χ0n) is 24.0. The molecule has 0 atom stereocenters. The summed E-state index contributed by atoms with van der Waals surface area (Å²) >= 11 is 3.03. The van der Waals surface area contributed by atoms with E-state index in [1.807, 2.05) is 0 Å². The fraction of sp³-hybridized carbons (Fsp3) is 0. The monoisotopic (exact) mass is 678 g/mol. The standard InChI is InChI=1S/2C18H15P.2CHO.ClH.Co/c2*1-4-10-16(11-5-1)19(17-12-6-2-7-13-17)18-14-8-3-9-15-18;2*1-2;;/h2*1-15H;2*1H;1H;/q;;2*-1;;+3/p+1. The summed E-state index contributed by atoms with van der Waals surface area (Å²) in [5.74, 6) is 0. The van der Waals surface area contributed by atoms with Crippen LogP contribution in [0.3, 0.4) is 0 Å². The van der Waals surface area contributed by atoms with Gasteiger partial charge in [-0.15, -0.1) is 0 Å². The smallest absolute Gasteiger partial charge is 0.0620 e. The van der Waals surface area contributed by atoms with Crippen molar-refractivity contribution in [2.45, 2.75) is 0 Å². The zero-order valence-corrected chi connectivity index (χ0v) is 27.8. The topological polar surface area (TPSA) is 34.1 Å². The van der Waals surface area contributed by atoms with E-state index in [4.69, 9.17) is 9.59 Å². The van der Waals surface area contributed by atoms with Crippen LogP contribution in [0, 0.1) is 0 Å². The van der Waals surface area contributed by atoms with Crippen molar-refractivity contribution < 1.29 is 24.4 Å². The molecule has 0 fully saturated rings. The second kappa shape index (κ2) is 22.8. The van der Waals surface area contributed by atoms with E-state index in [2.05, 4.69) is 221 Å². The van der Waals surface area contributed by atoms with E-state index in [0.29, 0.717) is 0 Å². The number of hydrogen-bond acceptors (Lipinski definition) is 2. The van der Waals surface area contributed by atoms with Crippen LogP contribution in [0.2, 0.25) is 0 Å². The number of halogens is 1. The minimum Gasteiger partial charge on any atom is -0.0620 e. The molecule has 0 N–H and O–H groups in total. The van der Waals surface area contributed by atoms with Crippen molar-refractivity contribution in [2.75, 3.05) is 0 Å². The molecule has 0 amide bonds. The van der Waals surface area contributed by atoms with Gasteiger partial charge in [0.15, 0.2) is 0 Å². The first-order chi connectivity index (χ1) is 21.9. The third-order valence-electron chi connectivity index (χ3n) is 6.37. The Kier molecular flexibility index (Phi) is 18.9. The van der Waals surface area contributed by atoms with Gasteiger partial charge < -0.3 is 9.59 Å². The van der Waals surface area contributed by atoms with Crippen LogP contribution in [0.25, 0.3) is 0 Å². The van der Waals surface area contributed by atoms with Crippen molar-refractivity contribution >= 4 is 71.4 Å². The maximum Gasteiger partial charge on any atom is 0.102 e. The first-order valence-electron chi connectivity index (χ1n) is 13.6. The summed E-state index contributed by atoms with van der Waals surface area (Å²) < 4.78 is 0. The van der Waals surface area contributed by atoms with Crippen LogP contribution in [0.1, 0.15) is 0 Å². The molecule has 222 valence electrons. The van der Waals surface area contributed by atoms with E-state index < -0.39 is 15.8 Å². The molecule has 6 heteroatoms. The number of hydrogen-bond donors (Lipinski definition) is 0. The summed E-state index contributed by atoms with van der Waals surface area (Å²) in [6.07, 6.45) is 0. The molecule has 0 radical (unpaired) electrons. The molecule has 0 bridgehead atoms. The Bertz CT molecular complexity index is 1220. The molecule has 6 rings (SSSR count). The van der Waals surface area contributed by atoms with Crippen molar-refractivity contribution in [3.05, 3.63) is 182 Å². The molecule has 0 heterocycles. The van der Waals surface area contributed by atoms with Gasteiger partial charge in [-0.25, -0.2) is 0 Å². The molecule has 44 heavy (non-hydrogen) atoms. The summed E-state index contributed by atoms with van der Waals surface area (Å²) in [7, 11) is 2.57. The molecule has 6 aromatic rings. The first kappa shape index (κ1) is 36.5. The van der Waals surface area contributed by atoms with E-state index in [0.717, 1.165) is 0 Å². The largest absolute Gasteiger partial charge is 0.102 e.